The first kappa shape index (κ1) is 70.1. The van der Waals surface area contributed by atoms with Crippen LogP contribution in [0.15, 0.2) is 134 Å². The van der Waals surface area contributed by atoms with E-state index in [-0.39, 0.29) is 23.5 Å². The van der Waals surface area contributed by atoms with Gasteiger partial charge in [0.15, 0.2) is 11.6 Å². The summed E-state index contributed by atoms with van der Waals surface area (Å²) in [5, 5.41) is 16.8. The molecular formula is C88H92N6O11. The van der Waals surface area contributed by atoms with E-state index in [1.54, 1.807) is 19.9 Å². The Morgan fingerprint density at radius 1 is 0.381 bits per heavy atom. The molecule has 17 nitrogen and oxygen atoms in total. The smallest absolute Gasteiger partial charge is 0.337 e. The molecule has 3 saturated carbocycles. The highest BCUT2D eigenvalue weighted by molar-refractivity contribution is 6.13. The fraction of sp³-hybridized carbons (Fsp3) is 0.375. The van der Waals surface area contributed by atoms with E-state index < -0.39 is 17.9 Å². The van der Waals surface area contributed by atoms with Crippen LogP contribution in [0.1, 0.15) is 230 Å². The number of benzene rings is 6. The summed E-state index contributed by atoms with van der Waals surface area (Å²) < 4.78 is 28.3. The Bertz CT molecular complexity index is 5460. The number of Topliss-reactive ketones (excluding diaryl/α,β-unsaturated/α-hetero) is 2. The van der Waals surface area contributed by atoms with Crippen LogP contribution < -0.4 is 0 Å². The van der Waals surface area contributed by atoms with Crippen molar-refractivity contribution in [3.8, 4) is 33.8 Å². The number of ether oxygens (including phenoxy) is 3. The number of aromatic nitrogens is 6. The van der Waals surface area contributed by atoms with Crippen LogP contribution in [-0.4, -0.2) is 88.1 Å². The van der Waals surface area contributed by atoms with Crippen LogP contribution in [0.25, 0.3) is 99.2 Å². The Morgan fingerprint density at radius 2 is 0.743 bits per heavy atom. The van der Waals surface area contributed by atoms with Crippen molar-refractivity contribution < 1.29 is 52.9 Å². The van der Waals surface area contributed by atoms with Crippen molar-refractivity contribution in [3.05, 3.63) is 178 Å². The highest BCUT2D eigenvalue weighted by Gasteiger charge is 2.34. The molecule has 6 aliphatic rings. The Morgan fingerprint density at radius 3 is 1.10 bits per heavy atom. The predicted octanol–water partition coefficient (Wildman–Crippen LogP) is 19.9. The van der Waals surface area contributed by atoms with E-state index in [0.29, 0.717) is 34.4 Å². The van der Waals surface area contributed by atoms with Gasteiger partial charge in [0.2, 0.25) is 0 Å². The number of esters is 4. The van der Waals surface area contributed by atoms with Crippen LogP contribution in [-0.2, 0) is 63.1 Å². The number of carbonyl (C=O) groups excluding carboxylic acids is 6. The average molecular weight is 1410 g/mol. The van der Waals surface area contributed by atoms with Crippen LogP contribution in [0.2, 0.25) is 0 Å². The monoisotopic (exact) mass is 1410 g/mol. The number of fused-ring (bicyclic) bond motifs is 12. The number of carboxylic acid groups (broad SMARTS) is 1. The summed E-state index contributed by atoms with van der Waals surface area (Å²) in [5.74, 6) is -0.831. The molecule has 17 heteroatoms. The van der Waals surface area contributed by atoms with E-state index in [1.807, 2.05) is 42.7 Å². The second kappa shape index (κ2) is 29.5. The molecule has 3 fully saturated rings. The molecule has 0 radical (unpaired) electrons. The summed E-state index contributed by atoms with van der Waals surface area (Å²) in [6.07, 6.45) is 28.0. The van der Waals surface area contributed by atoms with E-state index in [9.17, 15) is 38.7 Å². The lowest BCUT2D eigenvalue weighted by Gasteiger charge is -2.25. The maximum atomic E-state index is 12.5. The van der Waals surface area contributed by atoms with Crippen molar-refractivity contribution in [2.45, 2.75) is 200 Å². The van der Waals surface area contributed by atoms with Crippen molar-refractivity contribution in [2.75, 3.05) is 14.2 Å². The van der Waals surface area contributed by atoms with Gasteiger partial charge in [-0.15, -0.1) is 0 Å². The van der Waals surface area contributed by atoms with Crippen LogP contribution >= 0.6 is 0 Å². The van der Waals surface area contributed by atoms with Crippen molar-refractivity contribution in [3.63, 3.8) is 0 Å². The van der Waals surface area contributed by atoms with Gasteiger partial charge in [-0.2, -0.15) is 0 Å². The summed E-state index contributed by atoms with van der Waals surface area (Å²) in [4.78, 5) is 81.0. The SMILES string of the molecule is CC(=O)OC(C)=O.CC(=O)c1cn2c3c(cccc13)-c1c(C3CCCCC3)c3ccc(C(=O)O)cc3n1CCC2.COC(=O)c1ccc2c(C3CCCCC3)c3n(c2c1)CCCn1cc(C(C)=O)c2cccc-3c21.COC(=O)c1ccc2c(C3CCCCC3)c3n(c2c1)CCCn1ccc2cccc-3c21. The third kappa shape index (κ3) is 13.0. The average Bonchev–Trinajstić information content (AvgIpc) is 1.58. The second-order valence-electron chi connectivity index (χ2n) is 29.6. The Kier molecular flexibility index (Phi) is 19.7. The lowest BCUT2D eigenvalue weighted by molar-refractivity contribution is -0.156. The molecule has 18 rings (SSSR count). The fourth-order valence-electron chi connectivity index (χ4n) is 18.8. The zero-order chi connectivity index (χ0) is 72.9. The highest BCUT2D eigenvalue weighted by Crippen LogP contribution is 2.51. The number of para-hydroxylation sites is 3. The topological polar surface area (TPSA) is 197 Å². The number of methoxy groups -OCH3 is 2. The third-order valence-electron chi connectivity index (χ3n) is 23.2. The first-order chi connectivity index (χ1) is 51.0. The number of hydrogen-bond donors (Lipinski definition) is 1. The molecule has 6 aromatic heterocycles. The molecule has 0 unspecified atom stereocenters. The van der Waals surface area contributed by atoms with Gasteiger partial charge in [0.25, 0.3) is 0 Å². The van der Waals surface area contributed by atoms with E-state index in [2.05, 4.69) is 117 Å². The van der Waals surface area contributed by atoms with Crippen LogP contribution in [0.3, 0.4) is 0 Å². The van der Waals surface area contributed by atoms with Crippen LogP contribution in [0, 0.1) is 0 Å². The number of nitrogens with zero attached hydrogens (tertiary/aromatic N) is 6. The van der Waals surface area contributed by atoms with Crippen LogP contribution in [0.5, 0.6) is 0 Å². The number of hydrogen-bond acceptors (Lipinski definition) is 10. The number of rotatable bonds is 8. The van der Waals surface area contributed by atoms with E-state index in [4.69, 9.17) is 9.47 Å². The molecule has 3 aliphatic heterocycles. The minimum Gasteiger partial charge on any atom is -0.478 e. The van der Waals surface area contributed by atoms with Gasteiger partial charge in [-0.1, -0.05) is 131 Å². The Labute approximate surface area is 610 Å². The molecule has 0 spiro atoms. The third-order valence-corrected chi connectivity index (χ3v) is 23.2. The summed E-state index contributed by atoms with van der Waals surface area (Å²) in [6, 6.07) is 39.5. The van der Waals surface area contributed by atoms with Crippen molar-refractivity contribution >= 4 is 107 Å². The summed E-state index contributed by atoms with van der Waals surface area (Å²) >= 11 is 0. The van der Waals surface area contributed by atoms with E-state index in [1.165, 1.54) is 202 Å². The zero-order valence-electron chi connectivity index (χ0n) is 61.1. The summed E-state index contributed by atoms with van der Waals surface area (Å²) in [5.41, 5.74) is 21.9. The molecule has 540 valence electrons. The normalized spacial score (nSPS) is 15.9. The molecule has 105 heavy (non-hydrogen) atoms. The minimum atomic E-state index is -0.889. The number of aryl methyl sites for hydroxylation is 6. The molecule has 0 bridgehead atoms. The summed E-state index contributed by atoms with van der Waals surface area (Å²) in [6.45, 7) is 11.0. The van der Waals surface area contributed by atoms with Crippen molar-refractivity contribution in [1.29, 1.82) is 0 Å². The Hall–Kier alpha value is -10.6. The molecule has 0 saturated heterocycles. The quantitative estimate of drug-likeness (QED) is 0.0657. The van der Waals surface area contributed by atoms with Crippen molar-refractivity contribution in [1.82, 2.24) is 27.4 Å². The van der Waals surface area contributed by atoms with Gasteiger partial charge in [-0.25, -0.2) is 14.4 Å². The number of carboxylic acids is 1. The standard InChI is InChI=1S/C29H30N2O3.C28H28N2O3.C27H28N2O2.C4H6O3/c1-18(32)24-17-30-14-7-15-31-25-16-20(29(33)34-2)12-13-22(25)26(19-8-4-3-5-9-19)28(31)23-11-6-10-21(24)27(23)30;1-17(31)23-16-29-13-6-14-30-24-15-19(28(32)33)11-12-21(24)25(18-7-3-2-4-8-18)27(30)22-10-5-9-20(23)26(22)29;1-31-27(30)20-11-12-21-23(17-20)29-15-6-14-28-16-13-19-9-5-10-22(25(19)28)26(29)24(21)18-7-3-2-4-8-18;1-3(5)7-4(2)6/h6,10-13,16-17,19H,3-5,7-9,14-15H2,1-2H3;5,9-12,15-16,18H,2-4,6-8,13-14H2,1H3,(H,32,33);5,9-13,16-18H,2-4,6-8,14-15H2,1H3;1-2H3. The van der Waals surface area contributed by atoms with Gasteiger partial charge >= 0.3 is 29.8 Å². The second-order valence-corrected chi connectivity index (χ2v) is 29.6. The van der Waals surface area contributed by atoms with Gasteiger partial charge in [-0.05, 0) is 149 Å². The Balaban J connectivity index is 0.000000121. The van der Waals surface area contributed by atoms with Crippen LogP contribution in [0.4, 0.5) is 0 Å². The number of ketones is 2. The number of aromatic carboxylic acids is 1. The molecule has 1 N–H and O–H groups in total. The summed E-state index contributed by atoms with van der Waals surface area (Å²) in [7, 11) is 2.89. The lowest BCUT2D eigenvalue weighted by atomic mass is 9.81. The molecule has 0 atom stereocenters. The molecule has 12 aromatic rings. The van der Waals surface area contributed by atoms with E-state index in [0.717, 1.165) is 108 Å². The first-order valence-electron chi connectivity index (χ1n) is 37.9. The minimum absolute atomic E-state index is 0.0919. The first-order valence-corrected chi connectivity index (χ1v) is 37.9. The molecule has 6 aromatic carbocycles. The van der Waals surface area contributed by atoms with Gasteiger partial charge in [0.1, 0.15) is 0 Å². The van der Waals surface area contributed by atoms with Gasteiger partial charge in [-0.3, -0.25) is 19.2 Å². The fourth-order valence-corrected chi connectivity index (χ4v) is 18.8. The van der Waals surface area contributed by atoms with Gasteiger partial charge in [0.05, 0.1) is 64.5 Å². The molecule has 0 amide bonds. The maximum Gasteiger partial charge on any atom is 0.337 e. The largest absolute Gasteiger partial charge is 0.478 e. The molecule has 9 heterocycles. The highest BCUT2D eigenvalue weighted by atomic mass is 16.6. The zero-order valence-corrected chi connectivity index (χ0v) is 61.1. The van der Waals surface area contributed by atoms with Gasteiger partial charge in [0, 0.05) is 148 Å². The maximum absolute atomic E-state index is 12.5. The van der Waals surface area contributed by atoms with Gasteiger partial charge < -0.3 is 46.7 Å². The van der Waals surface area contributed by atoms with E-state index >= 15 is 0 Å². The van der Waals surface area contributed by atoms with Crippen molar-refractivity contribution in [2.24, 2.45) is 0 Å². The lowest BCUT2D eigenvalue weighted by Crippen LogP contribution is -2.11. The predicted molar refractivity (Wildman–Crippen MR) is 412 cm³/mol. The molecular weight excluding hydrogens is 1320 g/mol. The number of carbonyl (C=O) groups is 7. The molecule has 3 aliphatic carbocycles.